The van der Waals surface area contributed by atoms with Crippen LogP contribution >= 0.6 is 23.5 Å². The Bertz CT molecular complexity index is 841. The number of hydrogen-bond acceptors (Lipinski definition) is 6. The average Bonchev–Trinajstić information content (AvgIpc) is 3.15. The minimum absolute atomic E-state index is 0.143. The maximum absolute atomic E-state index is 12.1. The van der Waals surface area contributed by atoms with Crippen LogP contribution in [0.4, 0.5) is 0 Å². The molecule has 25 heavy (non-hydrogen) atoms. The standard InChI is InChI=1S/C19H17NO3S2/c1-2-23-19(22)17-14(21)10-24-18(17)20-11-7-8-16-13(9-11)12-5-3-4-6-15(12)25-16/h3-9,13,16,20H,2,10H2,1H3. The molecular weight excluding hydrogens is 354 g/mol. The van der Waals surface area contributed by atoms with Crippen molar-refractivity contribution in [3.8, 4) is 0 Å². The number of ketones is 1. The Morgan fingerprint density at radius 3 is 3.04 bits per heavy atom. The van der Waals surface area contributed by atoms with Crippen molar-refractivity contribution < 1.29 is 14.3 Å². The first-order chi connectivity index (χ1) is 12.2. The van der Waals surface area contributed by atoms with Gasteiger partial charge in [-0.15, -0.1) is 11.8 Å². The van der Waals surface area contributed by atoms with E-state index in [0.29, 0.717) is 16.2 Å². The number of nitrogens with one attached hydrogen (secondary N) is 1. The highest BCUT2D eigenvalue weighted by molar-refractivity contribution is 8.04. The first kappa shape index (κ1) is 16.5. The molecule has 0 fully saturated rings. The summed E-state index contributed by atoms with van der Waals surface area (Å²) in [5, 5.41) is 4.26. The SMILES string of the molecule is CCOC(=O)C1=C(NC2=CC3c4ccccc4SC3C=C2)SCC1=O. The van der Waals surface area contributed by atoms with E-state index in [4.69, 9.17) is 4.74 Å². The van der Waals surface area contributed by atoms with Crippen molar-refractivity contribution in [1.82, 2.24) is 5.32 Å². The molecular formula is C19H17NO3S2. The highest BCUT2D eigenvalue weighted by Gasteiger charge is 2.34. The summed E-state index contributed by atoms with van der Waals surface area (Å²) in [6.07, 6.45) is 6.39. The number of benzene rings is 1. The van der Waals surface area contributed by atoms with Crippen molar-refractivity contribution >= 4 is 35.3 Å². The largest absolute Gasteiger partial charge is 0.462 e. The molecule has 0 spiro atoms. The summed E-state index contributed by atoms with van der Waals surface area (Å²) in [6, 6.07) is 8.44. The summed E-state index contributed by atoms with van der Waals surface area (Å²) in [5.74, 6) is -0.133. The van der Waals surface area contributed by atoms with Gasteiger partial charge in [0.05, 0.1) is 17.4 Å². The van der Waals surface area contributed by atoms with Crippen molar-refractivity contribution in [2.24, 2.45) is 0 Å². The van der Waals surface area contributed by atoms with E-state index in [1.54, 1.807) is 6.92 Å². The minimum Gasteiger partial charge on any atom is -0.462 e. The van der Waals surface area contributed by atoms with Crippen molar-refractivity contribution in [3.63, 3.8) is 0 Å². The van der Waals surface area contributed by atoms with Crippen LogP contribution in [-0.4, -0.2) is 29.4 Å². The van der Waals surface area contributed by atoms with Gasteiger partial charge >= 0.3 is 5.97 Å². The summed E-state index contributed by atoms with van der Waals surface area (Å²) in [5.41, 5.74) is 2.39. The van der Waals surface area contributed by atoms with Gasteiger partial charge in [-0.05, 0) is 24.6 Å². The molecule has 1 aliphatic carbocycles. The molecule has 0 saturated carbocycles. The van der Waals surface area contributed by atoms with E-state index in [1.807, 2.05) is 17.8 Å². The molecule has 1 N–H and O–H groups in total. The highest BCUT2D eigenvalue weighted by Crippen LogP contribution is 2.48. The van der Waals surface area contributed by atoms with Crippen LogP contribution in [0.15, 0.2) is 63.7 Å². The van der Waals surface area contributed by atoms with Crippen LogP contribution < -0.4 is 5.32 Å². The first-order valence-electron chi connectivity index (χ1n) is 8.17. The third kappa shape index (κ3) is 3.04. The van der Waals surface area contributed by atoms with Gasteiger partial charge in [0.2, 0.25) is 0 Å². The zero-order valence-corrected chi connectivity index (χ0v) is 15.3. The number of Topliss-reactive ketones (excluding diaryl/α,β-unsaturated/α-hetero) is 1. The number of ether oxygens (including phenoxy) is 1. The number of esters is 1. The van der Waals surface area contributed by atoms with Crippen molar-refractivity contribution in [3.05, 3.63) is 64.4 Å². The molecule has 0 saturated heterocycles. The molecule has 0 aromatic heterocycles. The topological polar surface area (TPSA) is 55.4 Å². The van der Waals surface area contributed by atoms with E-state index in [2.05, 4.69) is 41.7 Å². The third-order valence-corrected chi connectivity index (χ3v) is 6.66. The van der Waals surface area contributed by atoms with Crippen molar-refractivity contribution in [2.45, 2.75) is 23.0 Å². The zero-order valence-electron chi connectivity index (χ0n) is 13.7. The summed E-state index contributed by atoms with van der Waals surface area (Å²) >= 11 is 3.23. The van der Waals surface area contributed by atoms with E-state index >= 15 is 0 Å². The van der Waals surface area contributed by atoms with Gasteiger partial charge in [-0.25, -0.2) is 4.79 Å². The lowest BCUT2D eigenvalue weighted by Crippen LogP contribution is -2.20. The minimum atomic E-state index is -0.542. The molecule has 1 aromatic carbocycles. The maximum Gasteiger partial charge on any atom is 0.344 e. The predicted octanol–water partition coefficient (Wildman–Crippen LogP) is 3.38. The quantitative estimate of drug-likeness (QED) is 0.647. The van der Waals surface area contributed by atoms with Crippen LogP contribution in [0.5, 0.6) is 0 Å². The Hall–Kier alpha value is -1.92. The maximum atomic E-state index is 12.1. The Balaban J connectivity index is 1.60. The van der Waals surface area contributed by atoms with E-state index in [1.165, 1.54) is 22.2 Å². The van der Waals surface area contributed by atoms with Crippen LogP contribution in [-0.2, 0) is 14.3 Å². The molecule has 0 radical (unpaired) electrons. The van der Waals surface area contributed by atoms with Crippen LogP contribution in [0, 0.1) is 0 Å². The number of carbonyl (C=O) groups excluding carboxylic acids is 2. The highest BCUT2D eigenvalue weighted by atomic mass is 32.2. The zero-order chi connectivity index (χ0) is 17.4. The lowest BCUT2D eigenvalue weighted by Gasteiger charge is -2.20. The van der Waals surface area contributed by atoms with Crippen LogP contribution in [0.1, 0.15) is 18.4 Å². The Kier molecular flexibility index (Phi) is 4.48. The smallest absolute Gasteiger partial charge is 0.344 e. The summed E-state index contributed by atoms with van der Waals surface area (Å²) < 4.78 is 5.02. The third-order valence-electron chi connectivity index (χ3n) is 4.31. The molecule has 0 amide bonds. The van der Waals surface area contributed by atoms with Gasteiger partial charge in [-0.2, -0.15) is 0 Å². The van der Waals surface area contributed by atoms with Gasteiger partial charge in [-0.1, -0.05) is 42.1 Å². The molecule has 1 aromatic rings. The normalized spacial score (nSPS) is 24.0. The fourth-order valence-electron chi connectivity index (χ4n) is 3.18. The molecule has 6 heteroatoms. The molecule has 0 bridgehead atoms. The number of allylic oxidation sites excluding steroid dienone is 2. The summed E-state index contributed by atoms with van der Waals surface area (Å²) in [4.78, 5) is 25.4. The summed E-state index contributed by atoms with van der Waals surface area (Å²) in [7, 11) is 0. The van der Waals surface area contributed by atoms with E-state index in [0.717, 1.165) is 5.70 Å². The fourth-order valence-corrected chi connectivity index (χ4v) is 5.45. The first-order valence-corrected chi connectivity index (χ1v) is 10.0. The van der Waals surface area contributed by atoms with E-state index in [-0.39, 0.29) is 23.7 Å². The molecule has 2 heterocycles. The van der Waals surface area contributed by atoms with Crippen LogP contribution in [0.2, 0.25) is 0 Å². The fraction of sp³-hybridized carbons (Fsp3) is 0.263. The second-order valence-electron chi connectivity index (χ2n) is 5.89. The van der Waals surface area contributed by atoms with Gasteiger partial charge in [0.15, 0.2) is 5.78 Å². The number of fused-ring (bicyclic) bond motifs is 3. The van der Waals surface area contributed by atoms with Crippen LogP contribution in [0.3, 0.4) is 0 Å². The second kappa shape index (κ2) is 6.77. The van der Waals surface area contributed by atoms with Gasteiger partial charge in [0.25, 0.3) is 0 Å². The van der Waals surface area contributed by atoms with Crippen molar-refractivity contribution in [1.29, 1.82) is 0 Å². The number of hydrogen-bond donors (Lipinski definition) is 1. The second-order valence-corrected chi connectivity index (χ2v) is 8.09. The Morgan fingerprint density at radius 2 is 2.20 bits per heavy atom. The van der Waals surface area contributed by atoms with Gasteiger partial charge in [0, 0.05) is 21.8 Å². The molecule has 4 nitrogen and oxygen atoms in total. The molecule has 2 unspecified atom stereocenters. The molecule has 128 valence electrons. The Morgan fingerprint density at radius 1 is 1.36 bits per heavy atom. The summed E-state index contributed by atoms with van der Waals surface area (Å²) in [6.45, 7) is 1.99. The van der Waals surface area contributed by atoms with E-state index in [9.17, 15) is 9.59 Å². The lowest BCUT2D eigenvalue weighted by molar-refractivity contribution is -0.139. The molecule has 4 rings (SSSR count). The lowest BCUT2D eigenvalue weighted by atomic mass is 9.91. The Labute approximate surface area is 154 Å². The number of carbonyl (C=O) groups is 2. The molecule has 3 aliphatic rings. The van der Waals surface area contributed by atoms with Gasteiger partial charge < -0.3 is 10.1 Å². The van der Waals surface area contributed by atoms with Gasteiger partial charge in [-0.3, -0.25) is 4.79 Å². The number of rotatable bonds is 4. The number of thioether (sulfide) groups is 2. The monoisotopic (exact) mass is 371 g/mol. The van der Waals surface area contributed by atoms with Gasteiger partial charge in [0.1, 0.15) is 5.57 Å². The van der Waals surface area contributed by atoms with E-state index < -0.39 is 5.97 Å². The molecule has 2 aliphatic heterocycles. The molecule has 2 atom stereocenters. The van der Waals surface area contributed by atoms with Crippen LogP contribution in [0.25, 0.3) is 0 Å². The average molecular weight is 371 g/mol. The van der Waals surface area contributed by atoms with Crippen molar-refractivity contribution in [2.75, 3.05) is 12.4 Å². The predicted molar refractivity (Wildman–Crippen MR) is 100 cm³/mol.